The molecule has 1 heterocycles. The normalized spacial score (nSPS) is 10.8. The van der Waals surface area contributed by atoms with Gasteiger partial charge in [0.15, 0.2) is 5.78 Å². The van der Waals surface area contributed by atoms with Gasteiger partial charge in [0.25, 0.3) is 0 Å². The zero-order chi connectivity index (χ0) is 15.0. The number of hydrogen-bond donors (Lipinski definition) is 2. The molecule has 3 N–H and O–H groups in total. The second kappa shape index (κ2) is 4.98. The quantitative estimate of drug-likeness (QED) is 0.571. The van der Waals surface area contributed by atoms with Gasteiger partial charge in [-0.25, -0.2) is 0 Å². The summed E-state index contributed by atoms with van der Waals surface area (Å²) in [7, 11) is 1.56. The van der Waals surface area contributed by atoms with Crippen molar-refractivity contribution in [3.8, 4) is 5.75 Å². The first-order valence-corrected chi connectivity index (χ1v) is 6.66. The Labute approximate surface area is 122 Å². The van der Waals surface area contributed by atoms with Crippen molar-refractivity contribution in [3.05, 3.63) is 59.3 Å². The van der Waals surface area contributed by atoms with Gasteiger partial charge in [0.2, 0.25) is 0 Å². The molecule has 4 nitrogen and oxygen atoms in total. The van der Waals surface area contributed by atoms with Crippen LogP contribution in [0.3, 0.4) is 0 Å². The fourth-order valence-corrected chi connectivity index (χ4v) is 2.43. The number of nitrogen functional groups attached to an aromatic ring is 1. The largest absolute Gasteiger partial charge is 0.497 e. The van der Waals surface area contributed by atoms with E-state index in [0.717, 1.165) is 16.5 Å². The lowest BCUT2D eigenvalue weighted by atomic mass is 10.0. The molecule has 4 heteroatoms. The van der Waals surface area contributed by atoms with Crippen molar-refractivity contribution in [1.29, 1.82) is 0 Å². The molecule has 0 atom stereocenters. The molecule has 0 unspecified atom stereocenters. The van der Waals surface area contributed by atoms with Crippen LogP contribution in [0.5, 0.6) is 5.75 Å². The summed E-state index contributed by atoms with van der Waals surface area (Å²) in [6, 6.07) is 11.0. The number of aromatic nitrogens is 1. The molecule has 0 amide bonds. The van der Waals surface area contributed by atoms with Crippen LogP contribution in [0.15, 0.2) is 42.6 Å². The van der Waals surface area contributed by atoms with Crippen LogP contribution >= 0.6 is 0 Å². The zero-order valence-electron chi connectivity index (χ0n) is 11.9. The number of anilines is 1. The standard InChI is InChI=1S/C17H16N2O2/c1-10-3-5-12-14(9-19-16(12)7-10)17(20)13-8-11(21-2)4-6-15(13)18/h3-9,19H,18H2,1-2H3. The van der Waals surface area contributed by atoms with Crippen LogP contribution in [0.25, 0.3) is 10.9 Å². The van der Waals surface area contributed by atoms with E-state index in [-0.39, 0.29) is 5.78 Å². The average Bonchev–Trinajstić information content (AvgIpc) is 2.90. The summed E-state index contributed by atoms with van der Waals surface area (Å²) >= 11 is 0. The predicted molar refractivity (Wildman–Crippen MR) is 83.9 cm³/mol. The van der Waals surface area contributed by atoms with E-state index in [4.69, 9.17) is 10.5 Å². The predicted octanol–water partition coefficient (Wildman–Crippen LogP) is 3.30. The van der Waals surface area contributed by atoms with Crippen molar-refractivity contribution in [2.24, 2.45) is 0 Å². The van der Waals surface area contributed by atoms with E-state index < -0.39 is 0 Å². The summed E-state index contributed by atoms with van der Waals surface area (Å²) in [5.41, 5.74) is 9.54. The van der Waals surface area contributed by atoms with Gasteiger partial charge in [-0.2, -0.15) is 0 Å². The highest BCUT2D eigenvalue weighted by Crippen LogP contribution is 2.26. The van der Waals surface area contributed by atoms with Crippen LogP contribution in [0.2, 0.25) is 0 Å². The van der Waals surface area contributed by atoms with Gasteiger partial charge in [-0.3, -0.25) is 4.79 Å². The summed E-state index contributed by atoms with van der Waals surface area (Å²) in [6.07, 6.45) is 1.73. The average molecular weight is 280 g/mol. The third-order valence-electron chi connectivity index (χ3n) is 3.59. The highest BCUT2D eigenvalue weighted by molar-refractivity contribution is 6.18. The smallest absolute Gasteiger partial charge is 0.197 e. The Kier molecular flexibility index (Phi) is 3.14. The van der Waals surface area contributed by atoms with E-state index in [2.05, 4.69) is 4.98 Å². The molecule has 21 heavy (non-hydrogen) atoms. The lowest BCUT2D eigenvalue weighted by molar-refractivity contribution is 0.104. The van der Waals surface area contributed by atoms with Crippen LogP contribution in [-0.2, 0) is 0 Å². The van der Waals surface area contributed by atoms with Crippen molar-refractivity contribution < 1.29 is 9.53 Å². The number of carbonyl (C=O) groups is 1. The van der Waals surface area contributed by atoms with E-state index in [1.807, 2.05) is 25.1 Å². The molecule has 0 fully saturated rings. The van der Waals surface area contributed by atoms with Gasteiger partial charge in [-0.05, 0) is 36.8 Å². The minimum absolute atomic E-state index is 0.110. The van der Waals surface area contributed by atoms with Crippen molar-refractivity contribution in [3.63, 3.8) is 0 Å². The molecule has 1 aromatic heterocycles. The Balaban J connectivity index is 2.12. The Bertz CT molecular complexity index is 834. The van der Waals surface area contributed by atoms with Crippen molar-refractivity contribution in [1.82, 2.24) is 4.98 Å². The SMILES string of the molecule is COc1ccc(N)c(C(=O)c2c[nH]c3cc(C)ccc23)c1. The van der Waals surface area contributed by atoms with Gasteiger partial charge in [0.1, 0.15) is 5.75 Å². The van der Waals surface area contributed by atoms with Gasteiger partial charge < -0.3 is 15.5 Å². The number of nitrogens with two attached hydrogens (primary N) is 1. The highest BCUT2D eigenvalue weighted by atomic mass is 16.5. The molecule has 3 aromatic rings. The molecular weight excluding hydrogens is 264 g/mol. The van der Waals surface area contributed by atoms with Crippen LogP contribution in [0.1, 0.15) is 21.5 Å². The fourth-order valence-electron chi connectivity index (χ4n) is 2.43. The lowest BCUT2D eigenvalue weighted by Gasteiger charge is -2.07. The van der Waals surface area contributed by atoms with Gasteiger partial charge in [-0.1, -0.05) is 12.1 Å². The molecule has 2 aromatic carbocycles. The second-order valence-electron chi connectivity index (χ2n) is 5.03. The Morgan fingerprint density at radius 3 is 2.71 bits per heavy atom. The molecule has 0 saturated heterocycles. The maximum atomic E-state index is 12.7. The minimum atomic E-state index is -0.110. The van der Waals surface area contributed by atoms with Crippen LogP contribution < -0.4 is 10.5 Å². The Morgan fingerprint density at radius 1 is 1.14 bits per heavy atom. The van der Waals surface area contributed by atoms with E-state index in [1.165, 1.54) is 0 Å². The van der Waals surface area contributed by atoms with Gasteiger partial charge in [-0.15, -0.1) is 0 Å². The molecular formula is C17H16N2O2. The maximum absolute atomic E-state index is 12.7. The first-order valence-electron chi connectivity index (χ1n) is 6.66. The number of fused-ring (bicyclic) bond motifs is 1. The molecule has 0 aliphatic carbocycles. The zero-order valence-corrected chi connectivity index (χ0v) is 11.9. The second-order valence-corrected chi connectivity index (χ2v) is 5.03. The summed E-state index contributed by atoms with van der Waals surface area (Å²) in [5.74, 6) is 0.504. The van der Waals surface area contributed by atoms with Gasteiger partial charge >= 0.3 is 0 Å². The number of nitrogens with one attached hydrogen (secondary N) is 1. The molecule has 0 radical (unpaired) electrons. The first kappa shape index (κ1) is 13.2. The number of carbonyl (C=O) groups excluding carboxylic acids is 1. The Hall–Kier alpha value is -2.75. The minimum Gasteiger partial charge on any atom is -0.497 e. The van der Waals surface area contributed by atoms with E-state index in [9.17, 15) is 4.79 Å². The fraction of sp³-hybridized carbons (Fsp3) is 0.118. The van der Waals surface area contributed by atoms with Crippen molar-refractivity contribution >= 4 is 22.4 Å². The molecule has 3 rings (SSSR count). The number of aromatic amines is 1. The molecule has 0 saturated carbocycles. The maximum Gasteiger partial charge on any atom is 0.197 e. The number of ketones is 1. The molecule has 0 bridgehead atoms. The van der Waals surface area contributed by atoms with E-state index in [1.54, 1.807) is 31.5 Å². The number of methoxy groups -OCH3 is 1. The first-order chi connectivity index (χ1) is 10.1. The summed E-state index contributed by atoms with van der Waals surface area (Å²) in [4.78, 5) is 15.9. The Morgan fingerprint density at radius 2 is 1.95 bits per heavy atom. The summed E-state index contributed by atoms with van der Waals surface area (Å²) < 4.78 is 5.16. The number of benzene rings is 2. The van der Waals surface area contributed by atoms with Crippen LogP contribution in [0, 0.1) is 6.92 Å². The van der Waals surface area contributed by atoms with Crippen LogP contribution in [0.4, 0.5) is 5.69 Å². The monoisotopic (exact) mass is 280 g/mol. The number of ether oxygens (including phenoxy) is 1. The number of aryl methyl sites for hydroxylation is 1. The van der Waals surface area contributed by atoms with E-state index in [0.29, 0.717) is 22.6 Å². The van der Waals surface area contributed by atoms with Crippen LogP contribution in [-0.4, -0.2) is 17.9 Å². The summed E-state index contributed by atoms with van der Waals surface area (Å²) in [6.45, 7) is 2.02. The molecule has 0 aliphatic heterocycles. The number of rotatable bonds is 3. The van der Waals surface area contributed by atoms with E-state index >= 15 is 0 Å². The van der Waals surface area contributed by atoms with Gasteiger partial charge in [0, 0.05) is 33.9 Å². The molecule has 106 valence electrons. The highest BCUT2D eigenvalue weighted by Gasteiger charge is 2.17. The summed E-state index contributed by atoms with van der Waals surface area (Å²) in [5, 5.41) is 0.896. The topological polar surface area (TPSA) is 68.1 Å². The third-order valence-corrected chi connectivity index (χ3v) is 3.59. The van der Waals surface area contributed by atoms with Crippen molar-refractivity contribution in [2.75, 3.05) is 12.8 Å². The third kappa shape index (κ3) is 2.25. The lowest BCUT2D eigenvalue weighted by Crippen LogP contribution is -2.05. The number of hydrogen-bond acceptors (Lipinski definition) is 3. The number of H-pyrrole nitrogens is 1. The van der Waals surface area contributed by atoms with Crippen molar-refractivity contribution in [2.45, 2.75) is 6.92 Å². The van der Waals surface area contributed by atoms with Gasteiger partial charge in [0.05, 0.1) is 7.11 Å². The molecule has 0 spiro atoms. The molecule has 0 aliphatic rings.